The Labute approximate surface area is 107 Å². The Kier molecular flexibility index (Phi) is 4.78. The minimum absolute atomic E-state index is 0.0578. The summed E-state index contributed by atoms with van der Waals surface area (Å²) in [4.78, 5) is 17.1. The standard InChI is InChI=1S/C13H20N2O3/c1-17-13-10-14-11(9-12(13)16)3-2-4-15-5-7-18-8-6-15/h9-10H,2-8H2,1H3,(H,14,16). The lowest BCUT2D eigenvalue weighted by Crippen LogP contribution is -2.37. The molecule has 1 aliphatic heterocycles. The fourth-order valence-corrected chi connectivity index (χ4v) is 2.12. The number of aryl methyl sites for hydroxylation is 1. The van der Waals surface area contributed by atoms with Crippen LogP contribution in [0.3, 0.4) is 0 Å². The van der Waals surface area contributed by atoms with Crippen molar-refractivity contribution in [2.75, 3.05) is 40.0 Å². The second kappa shape index (κ2) is 6.56. The molecule has 2 rings (SSSR count). The van der Waals surface area contributed by atoms with E-state index in [-0.39, 0.29) is 5.43 Å². The van der Waals surface area contributed by atoms with Crippen molar-refractivity contribution in [1.82, 2.24) is 9.88 Å². The summed E-state index contributed by atoms with van der Waals surface area (Å²) in [6, 6.07) is 1.62. The highest BCUT2D eigenvalue weighted by atomic mass is 16.5. The van der Waals surface area contributed by atoms with Crippen LogP contribution in [0.1, 0.15) is 12.1 Å². The Bertz CT molecular complexity index is 424. The zero-order chi connectivity index (χ0) is 12.8. The average molecular weight is 252 g/mol. The van der Waals surface area contributed by atoms with Crippen molar-refractivity contribution in [3.63, 3.8) is 0 Å². The van der Waals surface area contributed by atoms with Crippen LogP contribution in [-0.4, -0.2) is 49.8 Å². The molecule has 0 aliphatic carbocycles. The number of rotatable bonds is 5. The number of hydrogen-bond donors (Lipinski definition) is 1. The molecule has 0 amide bonds. The van der Waals surface area contributed by atoms with Gasteiger partial charge in [-0.3, -0.25) is 9.69 Å². The van der Waals surface area contributed by atoms with Crippen molar-refractivity contribution < 1.29 is 9.47 Å². The Hall–Kier alpha value is -1.33. The molecule has 0 unspecified atom stereocenters. The number of hydrogen-bond acceptors (Lipinski definition) is 4. The van der Waals surface area contributed by atoms with Crippen LogP contribution in [0.4, 0.5) is 0 Å². The summed E-state index contributed by atoms with van der Waals surface area (Å²) in [6.45, 7) is 4.74. The monoisotopic (exact) mass is 252 g/mol. The van der Waals surface area contributed by atoms with Crippen LogP contribution in [0.25, 0.3) is 0 Å². The Morgan fingerprint density at radius 1 is 1.44 bits per heavy atom. The molecule has 5 nitrogen and oxygen atoms in total. The first-order valence-corrected chi connectivity index (χ1v) is 6.35. The first kappa shape index (κ1) is 13.1. The molecule has 0 radical (unpaired) electrons. The van der Waals surface area contributed by atoms with Crippen LogP contribution in [0, 0.1) is 0 Å². The third-order valence-electron chi connectivity index (χ3n) is 3.18. The minimum Gasteiger partial charge on any atom is -0.491 e. The molecule has 1 saturated heterocycles. The van der Waals surface area contributed by atoms with Gasteiger partial charge in [0.25, 0.3) is 0 Å². The number of H-pyrrole nitrogens is 1. The summed E-state index contributed by atoms with van der Waals surface area (Å²) in [5.74, 6) is 0.368. The van der Waals surface area contributed by atoms with Crippen molar-refractivity contribution in [2.24, 2.45) is 0 Å². The molecule has 1 aromatic heterocycles. The van der Waals surface area contributed by atoms with Gasteiger partial charge in [-0.2, -0.15) is 0 Å². The van der Waals surface area contributed by atoms with Crippen molar-refractivity contribution in [3.05, 3.63) is 28.2 Å². The lowest BCUT2D eigenvalue weighted by atomic mass is 10.2. The summed E-state index contributed by atoms with van der Waals surface area (Å²) in [6.07, 6.45) is 3.56. The number of ether oxygens (including phenoxy) is 2. The maximum atomic E-state index is 11.6. The SMILES string of the molecule is COc1c[nH]c(CCCN2CCOCC2)cc1=O. The maximum Gasteiger partial charge on any atom is 0.223 e. The summed E-state index contributed by atoms with van der Waals surface area (Å²) in [5.41, 5.74) is 0.909. The first-order valence-electron chi connectivity index (χ1n) is 6.35. The summed E-state index contributed by atoms with van der Waals surface area (Å²) < 4.78 is 10.2. The number of pyridine rings is 1. The molecule has 1 aliphatic rings. The molecule has 5 heteroatoms. The Morgan fingerprint density at radius 3 is 2.89 bits per heavy atom. The second-order valence-electron chi connectivity index (χ2n) is 4.45. The molecule has 0 saturated carbocycles. The van der Waals surface area contributed by atoms with Crippen LogP contribution in [-0.2, 0) is 11.2 Å². The van der Waals surface area contributed by atoms with Gasteiger partial charge in [0.05, 0.1) is 20.3 Å². The first-order chi connectivity index (χ1) is 8.79. The van der Waals surface area contributed by atoms with Crippen LogP contribution in [0.2, 0.25) is 0 Å². The number of morpholine rings is 1. The Balaban J connectivity index is 1.79. The Morgan fingerprint density at radius 2 is 2.22 bits per heavy atom. The van der Waals surface area contributed by atoms with E-state index >= 15 is 0 Å². The molecule has 1 N–H and O–H groups in total. The van der Waals surface area contributed by atoms with Crippen molar-refractivity contribution >= 4 is 0 Å². The van der Waals surface area contributed by atoms with Crippen molar-refractivity contribution in [3.8, 4) is 5.75 Å². The quantitative estimate of drug-likeness (QED) is 0.836. The van der Waals surface area contributed by atoms with E-state index in [0.717, 1.165) is 51.4 Å². The fourth-order valence-electron chi connectivity index (χ4n) is 2.12. The van der Waals surface area contributed by atoms with E-state index < -0.39 is 0 Å². The van der Waals surface area contributed by atoms with Gasteiger partial charge in [-0.15, -0.1) is 0 Å². The highest BCUT2D eigenvalue weighted by Gasteiger charge is 2.09. The van der Waals surface area contributed by atoms with Gasteiger partial charge in [0.1, 0.15) is 0 Å². The zero-order valence-electron chi connectivity index (χ0n) is 10.8. The van der Waals surface area contributed by atoms with Crippen LogP contribution in [0.15, 0.2) is 17.1 Å². The molecule has 0 spiro atoms. The van der Waals surface area contributed by atoms with E-state index in [2.05, 4.69) is 9.88 Å². The fraction of sp³-hybridized carbons (Fsp3) is 0.615. The molecule has 18 heavy (non-hydrogen) atoms. The maximum absolute atomic E-state index is 11.6. The zero-order valence-corrected chi connectivity index (χ0v) is 10.8. The third kappa shape index (κ3) is 3.58. The summed E-state index contributed by atoms with van der Waals surface area (Å²) in [5, 5.41) is 0. The molecule has 0 aromatic carbocycles. The average Bonchev–Trinajstić information content (AvgIpc) is 2.40. The number of aromatic nitrogens is 1. The van der Waals surface area contributed by atoms with E-state index in [0.29, 0.717) is 5.75 Å². The van der Waals surface area contributed by atoms with Gasteiger partial charge >= 0.3 is 0 Å². The van der Waals surface area contributed by atoms with Crippen LogP contribution in [0.5, 0.6) is 5.75 Å². The highest BCUT2D eigenvalue weighted by Crippen LogP contribution is 2.05. The minimum atomic E-state index is -0.0578. The smallest absolute Gasteiger partial charge is 0.223 e. The lowest BCUT2D eigenvalue weighted by Gasteiger charge is -2.26. The molecule has 1 aromatic rings. The van der Waals surface area contributed by atoms with Gasteiger partial charge in [-0.05, 0) is 19.4 Å². The molecule has 1 fully saturated rings. The number of nitrogens with one attached hydrogen (secondary N) is 1. The topological polar surface area (TPSA) is 54.6 Å². The number of nitrogens with zero attached hydrogens (tertiary/aromatic N) is 1. The van der Waals surface area contributed by atoms with E-state index in [1.807, 2.05) is 0 Å². The molecule has 2 heterocycles. The van der Waals surface area contributed by atoms with E-state index in [1.165, 1.54) is 7.11 Å². The predicted molar refractivity (Wildman–Crippen MR) is 69.2 cm³/mol. The molecular weight excluding hydrogens is 232 g/mol. The van der Waals surface area contributed by atoms with Gasteiger partial charge < -0.3 is 14.5 Å². The lowest BCUT2D eigenvalue weighted by molar-refractivity contribution is 0.0374. The van der Waals surface area contributed by atoms with Crippen molar-refractivity contribution in [1.29, 1.82) is 0 Å². The molecule has 0 atom stereocenters. The molecule has 0 bridgehead atoms. The van der Waals surface area contributed by atoms with E-state index in [9.17, 15) is 4.79 Å². The van der Waals surface area contributed by atoms with Crippen LogP contribution < -0.4 is 10.2 Å². The second-order valence-corrected chi connectivity index (χ2v) is 4.45. The highest BCUT2D eigenvalue weighted by molar-refractivity contribution is 5.20. The molecular formula is C13H20N2O3. The van der Waals surface area contributed by atoms with Gasteiger partial charge in [0.2, 0.25) is 5.43 Å². The predicted octanol–water partition coefficient (Wildman–Crippen LogP) is 0.648. The normalized spacial score (nSPS) is 16.7. The number of aromatic amines is 1. The summed E-state index contributed by atoms with van der Waals surface area (Å²) in [7, 11) is 1.50. The van der Waals surface area contributed by atoms with Gasteiger partial charge in [-0.25, -0.2) is 0 Å². The van der Waals surface area contributed by atoms with Gasteiger partial charge in [-0.1, -0.05) is 0 Å². The van der Waals surface area contributed by atoms with E-state index in [4.69, 9.17) is 9.47 Å². The molecule has 100 valence electrons. The third-order valence-corrected chi connectivity index (χ3v) is 3.18. The summed E-state index contributed by atoms with van der Waals surface area (Å²) >= 11 is 0. The van der Waals surface area contributed by atoms with Gasteiger partial charge in [0, 0.05) is 31.0 Å². The van der Waals surface area contributed by atoms with Gasteiger partial charge in [0.15, 0.2) is 5.75 Å². The van der Waals surface area contributed by atoms with E-state index in [1.54, 1.807) is 12.3 Å². The van der Waals surface area contributed by atoms with Crippen LogP contribution >= 0.6 is 0 Å². The number of methoxy groups -OCH3 is 1. The largest absolute Gasteiger partial charge is 0.491 e. The van der Waals surface area contributed by atoms with Crippen molar-refractivity contribution in [2.45, 2.75) is 12.8 Å².